The molecule has 0 amide bonds. The van der Waals surface area contributed by atoms with Gasteiger partial charge in [-0.15, -0.1) is 0 Å². The highest BCUT2D eigenvalue weighted by atomic mass is 16.5. The molecule has 3 aromatic carbocycles. The molecule has 0 saturated heterocycles. The van der Waals surface area contributed by atoms with Gasteiger partial charge in [0.1, 0.15) is 11.6 Å². The summed E-state index contributed by atoms with van der Waals surface area (Å²) in [7, 11) is 1.60. The first kappa shape index (κ1) is 18.5. The summed E-state index contributed by atoms with van der Waals surface area (Å²) in [6, 6.07) is 21.8. The van der Waals surface area contributed by atoms with Crippen molar-refractivity contribution in [2.75, 3.05) is 12.4 Å². The van der Waals surface area contributed by atoms with E-state index in [2.05, 4.69) is 10.3 Å². The molecule has 4 aromatic rings. The fourth-order valence-corrected chi connectivity index (χ4v) is 3.39. The summed E-state index contributed by atoms with van der Waals surface area (Å²) >= 11 is 0. The molecule has 0 bridgehead atoms. The van der Waals surface area contributed by atoms with Crippen LogP contribution in [-0.4, -0.2) is 17.9 Å². The maximum atomic E-state index is 13.5. The Kier molecular flexibility index (Phi) is 4.87. The minimum atomic E-state index is -0.252. The molecule has 5 heteroatoms. The van der Waals surface area contributed by atoms with Crippen LogP contribution in [-0.2, 0) is 0 Å². The Bertz CT molecular complexity index is 1260. The second kappa shape index (κ2) is 7.64. The van der Waals surface area contributed by atoms with Crippen LogP contribution in [0, 0.1) is 6.92 Å². The largest absolute Gasteiger partial charge is 0.497 e. The lowest BCUT2D eigenvalue weighted by atomic mass is 9.95. The smallest absolute Gasteiger partial charge is 0.257 e. The van der Waals surface area contributed by atoms with Gasteiger partial charge in [-0.05, 0) is 42.8 Å². The number of methoxy groups -OCH3 is 1. The highest BCUT2D eigenvalue weighted by Crippen LogP contribution is 2.28. The van der Waals surface area contributed by atoms with Gasteiger partial charge in [0.05, 0.1) is 12.7 Å². The summed E-state index contributed by atoms with van der Waals surface area (Å²) < 4.78 is 5.19. The summed E-state index contributed by atoms with van der Waals surface area (Å²) in [6.45, 7) is 1.90. The second-order valence-electron chi connectivity index (χ2n) is 6.75. The fraction of sp³-hybridized carbons (Fsp3) is 0.0833. The van der Waals surface area contributed by atoms with Crippen molar-refractivity contribution in [3.63, 3.8) is 0 Å². The molecule has 1 heterocycles. The van der Waals surface area contributed by atoms with Crippen molar-refractivity contribution in [3.8, 4) is 5.75 Å². The van der Waals surface area contributed by atoms with Crippen molar-refractivity contribution in [1.82, 2.24) is 4.98 Å². The maximum Gasteiger partial charge on any atom is 0.257 e. The Morgan fingerprint density at radius 1 is 0.897 bits per heavy atom. The number of aromatic nitrogens is 1. The monoisotopic (exact) mass is 384 g/mol. The Hall–Kier alpha value is -3.86. The van der Waals surface area contributed by atoms with Gasteiger partial charge < -0.3 is 15.0 Å². The number of aryl methyl sites for hydroxylation is 1. The number of hydrogen-bond acceptors (Lipinski definition) is 4. The minimum absolute atomic E-state index is 0.147. The number of ketones is 1. The summed E-state index contributed by atoms with van der Waals surface area (Å²) in [4.78, 5) is 29.0. The van der Waals surface area contributed by atoms with E-state index >= 15 is 0 Å². The van der Waals surface area contributed by atoms with Crippen LogP contribution in [0.1, 0.15) is 21.5 Å². The molecule has 0 aliphatic carbocycles. The van der Waals surface area contributed by atoms with E-state index in [9.17, 15) is 9.59 Å². The third kappa shape index (κ3) is 3.50. The number of rotatable bonds is 5. The zero-order valence-corrected chi connectivity index (χ0v) is 16.2. The van der Waals surface area contributed by atoms with E-state index in [4.69, 9.17) is 4.74 Å². The molecule has 0 unspecified atom stereocenters. The number of pyridine rings is 1. The van der Waals surface area contributed by atoms with Gasteiger partial charge in [-0.2, -0.15) is 0 Å². The Labute approximate surface area is 168 Å². The van der Waals surface area contributed by atoms with Crippen LogP contribution in [0.15, 0.2) is 77.6 Å². The van der Waals surface area contributed by atoms with Crippen molar-refractivity contribution in [3.05, 3.63) is 99.8 Å². The van der Waals surface area contributed by atoms with Gasteiger partial charge >= 0.3 is 0 Å². The number of aromatic amines is 1. The Morgan fingerprint density at radius 2 is 1.55 bits per heavy atom. The SMILES string of the molecule is COc1ccc(Nc2[nH]c(=O)c3ccccc3c2C(=O)c2ccccc2C)cc1. The predicted molar refractivity (Wildman–Crippen MR) is 115 cm³/mol. The molecule has 5 nitrogen and oxygen atoms in total. The normalized spacial score (nSPS) is 10.7. The van der Waals surface area contributed by atoms with Crippen LogP contribution in [0.4, 0.5) is 11.5 Å². The number of carbonyl (C=O) groups is 1. The average molecular weight is 384 g/mol. The first-order valence-electron chi connectivity index (χ1n) is 9.25. The van der Waals surface area contributed by atoms with Gasteiger partial charge in [-0.25, -0.2) is 0 Å². The molecule has 0 saturated carbocycles. The van der Waals surface area contributed by atoms with Crippen LogP contribution in [0.5, 0.6) is 5.75 Å². The molecule has 0 aliphatic rings. The van der Waals surface area contributed by atoms with E-state index in [1.165, 1.54) is 0 Å². The first-order valence-corrected chi connectivity index (χ1v) is 9.25. The van der Waals surface area contributed by atoms with Crippen molar-refractivity contribution >= 4 is 28.1 Å². The number of H-pyrrole nitrogens is 1. The van der Waals surface area contributed by atoms with E-state index in [1.807, 2.05) is 55.5 Å². The van der Waals surface area contributed by atoms with Gasteiger partial charge in [-0.3, -0.25) is 9.59 Å². The Morgan fingerprint density at radius 3 is 2.24 bits per heavy atom. The maximum absolute atomic E-state index is 13.5. The zero-order valence-electron chi connectivity index (χ0n) is 16.2. The lowest BCUT2D eigenvalue weighted by molar-refractivity contribution is 0.104. The quantitative estimate of drug-likeness (QED) is 0.484. The lowest BCUT2D eigenvalue weighted by Gasteiger charge is -2.15. The van der Waals surface area contributed by atoms with Crippen LogP contribution in [0.2, 0.25) is 0 Å². The average Bonchev–Trinajstić information content (AvgIpc) is 2.74. The van der Waals surface area contributed by atoms with Crippen LogP contribution in [0.3, 0.4) is 0 Å². The number of ether oxygens (including phenoxy) is 1. The predicted octanol–water partition coefficient (Wildman–Crippen LogP) is 4.82. The molecule has 0 fully saturated rings. The van der Waals surface area contributed by atoms with Crippen molar-refractivity contribution in [2.45, 2.75) is 6.92 Å². The lowest BCUT2D eigenvalue weighted by Crippen LogP contribution is -2.16. The van der Waals surface area contributed by atoms with Crippen molar-refractivity contribution in [1.29, 1.82) is 0 Å². The van der Waals surface area contributed by atoms with Gasteiger partial charge in [0.2, 0.25) is 0 Å². The number of fused-ring (bicyclic) bond motifs is 1. The van der Waals surface area contributed by atoms with E-state index in [0.29, 0.717) is 27.7 Å². The molecule has 0 radical (unpaired) electrons. The molecule has 1 aromatic heterocycles. The number of hydrogen-bond donors (Lipinski definition) is 2. The van der Waals surface area contributed by atoms with Crippen molar-refractivity contribution in [2.24, 2.45) is 0 Å². The zero-order chi connectivity index (χ0) is 20.4. The van der Waals surface area contributed by atoms with E-state index in [0.717, 1.165) is 17.0 Å². The number of anilines is 2. The van der Waals surface area contributed by atoms with Crippen LogP contribution in [0.25, 0.3) is 10.8 Å². The summed E-state index contributed by atoms with van der Waals surface area (Å²) in [5.74, 6) is 0.942. The van der Waals surface area contributed by atoms with Gasteiger partial charge in [0.25, 0.3) is 5.56 Å². The highest BCUT2D eigenvalue weighted by Gasteiger charge is 2.21. The number of carbonyl (C=O) groups excluding carboxylic acids is 1. The molecule has 29 heavy (non-hydrogen) atoms. The molecule has 0 aliphatic heterocycles. The first-order chi connectivity index (χ1) is 14.1. The van der Waals surface area contributed by atoms with Crippen molar-refractivity contribution < 1.29 is 9.53 Å². The minimum Gasteiger partial charge on any atom is -0.497 e. The fourth-order valence-electron chi connectivity index (χ4n) is 3.39. The van der Waals surface area contributed by atoms with Gasteiger partial charge in [-0.1, -0.05) is 42.5 Å². The van der Waals surface area contributed by atoms with Crippen LogP contribution >= 0.6 is 0 Å². The van der Waals surface area contributed by atoms with Gasteiger partial charge in [0, 0.05) is 22.0 Å². The molecule has 4 rings (SSSR count). The Balaban J connectivity index is 1.91. The third-order valence-corrected chi connectivity index (χ3v) is 4.91. The summed E-state index contributed by atoms with van der Waals surface area (Å²) in [5, 5.41) is 4.28. The number of nitrogens with one attached hydrogen (secondary N) is 2. The molecule has 0 spiro atoms. The van der Waals surface area contributed by atoms with Gasteiger partial charge in [0.15, 0.2) is 5.78 Å². The standard InChI is InChI=1S/C24H20N2O3/c1-15-7-3-4-8-18(15)22(27)21-19-9-5-6-10-20(19)24(28)26-23(21)25-16-11-13-17(29-2)14-12-16/h3-14H,1-2H3,(H2,25,26,28). The molecular formula is C24H20N2O3. The third-order valence-electron chi connectivity index (χ3n) is 4.91. The van der Waals surface area contributed by atoms with E-state index in [1.54, 1.807) is 31.4 Å². The molecular weight excluding hydrogens is 364 g/mol. The summed E-state index contributed by atoms with van der Waals surface area (Å²) in [5.41, 5.74) is 2.39. The van der Waals surface area contributed by atoms with E-state index < -0.39 is 0 Å². The highest BCUT2D eigenvalue weighted by molar-refractivity contribution is 6.20. The second-order valence-corrected chi connectivity index (χ2v) is 6.75. The van der Waals surface area contributed by atoms with Crippen LogP contribution < -0.4 is 15.6 Å². The number of benzene rings is 3. The topological polar surface area (TPSA) is 71.2 Å². The molecule has 2 N–H and O–H groups in total. The molecule has 144 valence electrons. The summed E-state index contributed by atoms with van der Waals surface area (Å²) in [6.07, 6.45) is 0. The molecule has 0 atom stereocenters. The van der Waals surface area contributed by atoms with E-state index in [-0.39, 0.29) is 11.3 Å².